The Bertz CT molecular complexity index is 583. The van der Waals surface area contributed by atoms with Crippen LogP contribution in [0, 0.1) is 0 Å². The molecule has 1 saturated heterocycles. The second-order valence-corrected chi connectivity index (χ2v) is 5.35. The van der Waals surface area contributed by atoms with Crippen LogP contribution < -0.4 is 0 Å². The number of nitrogens with one attached hydrogen (secondary N) is 1. The fraction of sp³-hybridized carbons (Fsp3) is 0.400. The van der Waals surface area contributed by atoms with Gasteiger partial charge in [-0.3, -0.25) is 14.7 Å². The van der Waals surface area contributed by atoms with E-state index in [-0.39, 0.29) is 11.9 Å². The van der Waals surface area contributed by atoms with E-state index in [4.69, 9.17) is 0 Å². The summed E-state index contributed by atoms with van der Waals surface area (Å²) in [4.78, 5) is 28.1. The van der Waals surface area contributed by atoms with Gasteiger partial charge in [0.15, 0.2) is 0 Å². The highest BCUT2D eigenvalue weighted by Crippen LogP contribution is 2.21. The van der Waals surface area contributed by atoms with Crippen molar-refractivity contribution >= 4 is 5.91 Å². The van der Waals surface area contributed by atoms with Crippen molar-refractivity contribution in [1.29, 1.82) is 0 Å². The predicted molar refractivity (Wildman–Crippen MR) is 78.5 cm³/mol. The molecule has 1 unspecified atom stereocenters. The molecule has 1 atom stereocenters. The Hall–Kier alpha value is -2.21. The van der Waals surface area contributed by atoms with Gasteiger partial charge in [-0.15, -0.1) is 0 Å². The molecule has 0 aliphatic carbocycles. The van der Waals surface area contributed by atoms with E-state index in [9.17, 15) is 4.79 Å². The van der Waals surface area contributed by atoms with Crippen molar-refractivity contribution < 1.29 is 4.79 Å². The SMILES string of the molecule is CN1CCN(C(=O)Cc2cccnc2)CC1c1ncc[nH]1. The third-order valence-electron chi connectivity index (χ3n) is 3.91. The fourth-order valence-electron chi connectivity index (χ4n) is 2.64. The van der Waals surface area contributed by atoms with Crippen molar-refractivity contribution in [3.8, 4) is 0 Å². The Morgan fingerprint density at radius 3 is 3.05 bits per heavy atom. The van der Waals surface area contributed by atoms with Crippen LogP contribution in [0.5, 0.6) is 0 Å². The highest BCUT2D eigenvalue weighted by molar-refractivity contribution is 5.78. The standard InChI is InChI=1S/C15H19N5O/c1-19-7-8-20(11-13(19)15-17-5-6-18-15)14(21)9-12-3-2-4-16-10-12/h2-6,10,13H,7-9,11H2,1H3,(H,17,18). The average molecular weight is 285 g/mol. The minimum Gasteiger partial charge on any atom is -0.347 e. The van der Waals surface area contributed by atoms with Crippen molar-refractivity contribution in [2.45, 2.75) is 12.5 Å². The molecule has 3 heterocycles. The van der Waals surface area contributed by atoms with Crippen LogP contribution in [-0.4, -0.2) is 57.3 Å². The van der Waals surface area contributed by atoms with Gasteiger partial charge in [-0.1, -0.05) is 6.07 Å². The maximum atomic E-state index is 12.4. The molecule has 0 aromatic carbocycles. The van der Waals surface area contributed by atoms with Gasteiger partial charge in [-0.25, -0.2) is 4.98 Å². The fourth-order valence-corrected chi connectivity index (χ4v) is 2.64. The molecule has 0 radical (unpaired) electrons. The van der Waals surface area contributed by atoms with E-state index in [1.807, 2.05) is 23.2 Å². The average Bonchev–Trinajstić information content (AvgIpc) is 3.03. The quantitative estimate of drug-likeness (QED) is 0.908. The summed E-state index contributed by atoms with van der Waals surface area (Å²) in [7, 11) is 2.07. The van der Waals surface area contributed by atoms with Gasteiger partial charge in [-0.05, 0) is 18.7 Å². The number of nitrogens with zero attached hydrogens (tertiary/aromatic N) is 4. The van der Waals surface area contributed by atoms with E-state index in [1.165, 1.54) is 0 Å². The number of carbonyl (C=O) groups excluding carboxylic acids is 1. The van der Waals surface area contributed by atoms with Gasteiger partial charge in [0.05, 0.1) is 12.5 Å². The number of imidazole rings is 1. The van der Waals surface area contributed by atoms with Crippen LogP contribution in [0.4, 0.5) is 0 Å². The lowest BCUT2D eigenvalue weighted by Crippen LogP contribution is -2.49. The van der Waals surface area contributed by atoms with Crippen LogP contribution in [0.1, 0.15) is 17.4 Å². The van der Waals surface area contributed by atoms with E-state index < -0.39 is 0 Å². The third-order valence-corrected chi connectivity index (χ3v) is 3.91. The summed E-state index contributed by atoms with van der Waals surface area (Å²) in [6.45, 7) is 2.28. The van der Waals surface area contributed by atoms with Crippen LogP contribution in [0.2, 0.25) is 0 Å². The first-order chi connectivity index (χ1) is 10.2. The Balaban J connectivity index is 1.67. The van der Waals surface area contributed by atoms with Gasteiger partial charge in [0.2, 0.25) is 5.91 Å². The number of aromatic amines is 1. The summed E-state index contributed by atoms with van der Waals surface area (Å²) in [6, 6.07) is 3.93. The second kappa shape index (κ2) is 6.05. The number of carbonyl (C=O) groups is 1. The summed E-state index contributed by atoms with van der Waals surface area (Å²) in [6.07, 6.45) is 7.44. The van der Waals surface area contributed by atoms with Gasteiger partial charge in [0.1, 0.15) is 5.82 Å². The minimum absolute atomic E-state index is 0.131. The molecule has 1 amide bonds. The number of rotatable bonds is 3. The van der Waals surface area contributed by atoms with Crippen molar-refractivity contribution in [3.63, 3.8) is 0 Å². The molecular weight excluding hydrogens is 266 g/mol. The Morgan fingerprint density at radius 2 is 2.33 bits per heavy atom. The zero-order chi connectivity index (χ0) is 14.7. The van der Waals surface area contributed by atoms with E-state index in [2.05, 4.69) is 26.9 Å². The summed E-state index contributed by atoms with van der Waals surface area (Å²) in [5.41, 5.74) is 0.955. The summed E-state index contributed by atoms with van der Waals surface area (Å²) in [5.74, 6) is 1.06. The number of amides is 1. The van der Waals surface area contributed by atoms with Crippen molar-refractivity contribution in [2.24, 2.45) is 0 Å². The third kappa shape index (κ3) is 3.11. The predicted octanol–water partition coefficient (Wildman–Crippen LogP) is 0.862. The lowest BCUT2D eigenvalue weighted by atomic mass is 10.1. The first-order valence-electron chi connectivity index (χ1n) is 7.10. The molecule has 1 aliphatic heterocycles. The van der Waals surface area contributed by atoms with Crippen LogP contribution in [0.3, 0.4) is 0 Å². The molecule has 1 fully saturated rings. The van der Waals surface area contributed by atoms with Crippen LogP contribution in [0.25, 0.3) is 0 Å². The summed E-state index contributed by atoms with van der Waals surface area (Å²) >= 11 is 0. The number of piperazine rings is 1. The molecule has 21 heavy (non-hydrogen) atoms. The molecule has 2 aromatic heterocycles. The second-order valence-electron chi connectivity index (χ2n) is 5.35. The Morgan fingerprint density at radius 1 is 1.43 bits per heavy atom. The molecule has 2 aromatic rings. The van der Waals surface area contributed by atoms with Crippen molar-refractivity contribution in [3.05, 3.63) is 48.3 Å². The van der Waals surface area contributed by atoms with Gasteiger partial charge in [0.25, 0.3) is 0 Å². The molecule has 1 N–H and O–H groups in total. The van der Waals surface area contributed by atoms with Crippen molar-refractivity contribution in [2.75, 3.05) is 26.7 Å². The smallest absolute Gasteiger partial charge is 0.227 e. The van der Waals surface area contributed by atoms with Gasteiger partial charge in [-0.2, -0.15) is 0 Å². The molecule has 1 aliphatic rings. The number of likely N-dealkylation sites (N-methyl/N-ethyl adjacent to an activating group) is 1. The van der Waals surface area contributed by atoms with Gasteiger partial charge >= 0.3 is 0 Å². The molecule has 0 saturated carbocycles. The monoisotopic (exact) mass is 285 g/mol. The van der Waals surface area contributed by atoms with E-state index in [0.717, 1.165) is 24.5 Å². The molecule has 6 heteroatoms. The largest absolute Gasteiger partial charge is 0.347 e. The maximum Gasteiger partial charge on any atom is 0.227 e. The molecular formula is C15H19N5O. The zero-order valence-electron chi connectivity index (χ0n) is 12.1. The number of hydrogen-bond donors (Lipinski definition) is 1. The summed E-state index contributed by atoms with van der Waals surface area (Å²) < 4.78 is 0. The molecule has 0 spiro atoms. The van der Waals surface area contributed by atoms with Crippen LogP contribution >= 0.6 is 0 Å². The number of hydrogen-bond acceptors (Lipinski definition) is 4. The van der Waals surface area contributed by atoms with Gasteiger partial charge in [0, 0.05) is 44.4 Å². The first kappa shape index (κ1) is 13.8. The van der Waals surface area contributed by atoms with E-state index in [1.54, 1.807) is 18.6 Å². The molecule has 3 rings (SSSR count). The normalized spacial score (nSPS) is 19.7. The lowest BCUT2D eigenvalue weighted by molar-refractivity contribution is -0.133. The van der Waals surface area contributed by atoms with Crippen LogP contribution in [0.15, 0.2) is 36.9 Å². The molecule has 0 bridgehead atoms. The minimum atomic E-state index is 0.131. The first-order valence-corrected chi connectivity index (χ1v) is 7.10. The van der Waals surface area contributed by atoms with Crippen LogP contribution in [-0.2, 0) is 11.2 Å². The number of pyridine rings is 1. The number of H-pyrrole nitrogens is 1. The summed E-state index contributed by atoms with van der Waals surface area (Å²) in [5, 5.41) is 0. The molecule has 110 valence electrons. The zero-order valence-corrected chi connectivity index (χ0v) is 12.1. The highest BCUT2D eigenvalue weighted by atomic mass is 16.2. The lowest BCUT2D eigenvalue weighted by Gasteiger charge is -2.38. The highest BCUT2D eigenvalue weighted by Gasteiger charge is 2.29. The van der Waals surface area contributed by atoms with Gasteiger partial charge < -0.3 is 9.88 Å². The maximum absolute atomic E-state index is 12.4. The Kier molecular flexibility index (Phi) is 3.96. The Labute approximate surface area is 123 Å². The number of aromatic nitrogens is 3. The van der Waals surface area contributed by atoms with Crippen molar-refractivity contribution in [1.82, 2.24) is 24.8 Å². The van der Waals surface area contributed by atoms with E-state index >= 15 is 0 Å². The van der Waals surface area contributed by atoms with E-state index in [0.29, 0.717) is 13.0 Å². The molecule has 6 nitrogen and oxygen atoms in total. The topological polar surface area (TPSA) is 65.1 Å².